The van der Waals surface area contributed by atoms with Crippen molar-refractivity contribution in [2.24, 2.45) is 5.10 Å². The zero-order valence-electron chi connectivity index (χ0n) is 20.7. The lowest BCUT2D eigenvalue weighted by Gasteiger charge is -2.12. The van der Waals surface area contributed by atoms with Crippen molar-refractivity contribution in [3.63, 3.8) is 0 Å². The fourth-order valence-electron chi connectivity index (χ4n) is 3.60. The van der Waals surface area contributed by atoms with Crippen LogP contribution in [0.3, 0.4) is 0 Å². The van der Waals surface area contributed by atoms with Crippen LogP contribution in [0, 0.1) is 6.92 Å². The van der Waals surface area contributed by atoms with E-state index in [4.69, 9.17) is 18.9 Å². The number of hydrogen-bond acceptors (Lipinski definition) is 7. The molecular formula is C29H26N2O6. The van der Waals surface area contributed by atoms with Crippen LogP contribution in [0.4, 0.5) is 0 Å². The van der Waals surface area contributed by atoms with Gasteiger partial charge in [0.15, 0.2) is 18.1 Å². The first-order valence-corrected chi connectivity index (χ1v) is 11.5. The number of esters is 1. The van der Waals surface area contributed by atoms with Gasteiger partial charge in [0.1, 0.15) is 11.5 Å². The van der Waals surface area contributed by atoms with Crippen molar-refractivity contribution in [3.05, 3.63) is 95.6 Å². The first-order chi connectivity index (χ1) is 18.0. The van der Waals surface area contributed by atoms with Gasteiger partial charge in [-0.15, -0.1) is 0 Å². The van der Waals surface area contributed by atoms with Crippen LogP contribution in [0.15, 0.2) is 84.0 Å². The number of benzene rings is 4. The van der Waals surface area contributed by atoms with E-state index in [1.165, 1.54) is 20.4 Å². The van der Waals surface area contributed by atoms with E-state index in [-0.39, 0.29) is 17.9 Å². The van der Waals surface area contributed by atoms with Crippen molar-refractivity contribution in [3.8, 4) is 23.0 Å². The number of nitrogens with zero attached hydrogens (tertiary/aromatic N) is 1. The molecule has 0 aliphatic heterocycles. The second-order valence-electron chi connectivity index (χ2n) is 8.05. The van der Waals surface area contributed by atoms with Crippen molar-refractivity contribution in [1.82, 2.24) is 5.43 Å². The summed E-state index contributed by atoms with van der Waals surface area (Å²) in [6.45, 7) is 1.77. The van der Waals surface area contributed by atoms with Gasteiger partial charge in [0.05, 0.1) is 26.0 Å². The van der Waals surface area contributed by atoms with Crippen LogP contribution in [0.1, 0.15) is 21.5 Å². The molecule has 0 heterocycles. The Morgan fingerprint density at radius 1 is 0.865 bits per heavy atom. The minimum atomic E-state index is -0.582. The van der Waals surface area contributed by atoms with E-state index in [9.17, 15) is 9.59 Å². The van der Waals surface area contributed by atoms with E-state index in [2.05, 4.69) is 10.5 Å². The number of methoxy groups -OCH3 is 2. The highest BCUT2D eigenvalue weighted by atomic mass is 16.5. The third-order valence-electron chi connectivity index (χ3n) is 5.53. The molecule has 0 bridgehead atoms. The van der Waals surface area contributed by atoms with Gasteiger partial charge in [-0.3, -0.25) is 4.79 Å². The van der Waals surface area contributed by atoms with Gasteiger partial charge in [0.25, 0.3) is 5.91 Å². The van der Waals surface area contributed by atoms with E-state index in [1.807, 2.05) is 49.4 Å². The van der Waals surface area contributed by atoms with Crippen molar-refractivity contribution in [2.75, 3.05) is 20.8 Å². The maximum Gasteiger partial charge on any atom is 0.343 e. The SMILES string of the molecule is COc1ccc(C(=O)Oc2ccc3ccccc3c2C=NNC(=O)COc2ccc(C)cc2)cc1OC. The Morgan fingerprint density at radius 2 is 1.59 bits per heavy atom. The normalized spacial score (nSPS) is 10.8. The number of hydrogen-bond donors (Lipinski definition) is 1. The monoisotopic (exact) mass is 498 g/mol. The number of ether oxygens (including phenoxy) is 4. The molecule has 4 aromatic rings. The van der Waals surface area contributed by atoms with Gasteiger partial charge in [-0.1, -0.05) is 48.0 Å². The molecule has 0 radical (unpaired) electrons. The van der Waals surface area contributed by atoms with Crippen LogP contribution in [-0.2, 0) is 4.79 Å². The number of rotatable bonds is 9. The van der Waals surface area contributed by atoms with Gasteiger partial charge in [-0.25, -0.2) is 10.2 Å². The third-order valence-corrected chi connectivity index (χ3v) is 5.53. The average Bonchev–Trinajstić information content (AvgIpc) is 2.93. The van der Waals surface area contributed by atoms with E-state index in [1.54, 1.807) is 36.4 Å². The quantitative estimate of drug-likeness (QED) is 0.152. The summed E-state index contributed by atoms with van der Waals surface area (Å²) in [5.74, 6) is 0.769. The zero-order valence-corrected chi connectivity index (χ0v) is 20.7. The first-order valence-electron chi connectivity index (χ1n) is 11.5. The maximum absolute atomic E-state index is 12.9. The van der Waals surface area contributed by atoms with Gasteiger partial charge in [-0.05, 0) is 54.1 Å². The van der Waals surface area contributed by atoms with Gasteiger partial charge in [0, 0.05) is 5.56 Å². The summed E-state index contributed by atoms with van der Waals surface area (Å²) in [6, 6.07) is 23.3. The summed E-state index contributed by atoms with van der Waals surface area (Å²) >= 11 is 0. The highest BCUT2D eigenvalue weighted by molar-refractivity contribution is 6.04. The van der Waals surface area contributed by atoms with E-state index in [0.29, 0.717) is 22.8 Å². The van der Waals surface area contributed by atoms with Gasteiger partial charge < -0.3 is 18.9 Å². The minimum Gasteiger partial charge on any atom is -0.493 e. The topological polar surface area (TPSA) is 95.5 Å². The number of carbonyl (C=O) groups excluding carboxylic acids is 2. The Morgan fingerprint density at radius 3 is 2.35 bits per heavy atom. The van der Waals surface area contributed by atoms with Crippen molar-refractivity contribution >= 4 is 28.9 Å². The molecule has 8 heteroatoms. The Labute approximate surface area is 214 Å². The molecule has 188 valence electrons. The smallest absolute Gasteiger partial charge is 0.343 e. The predicted octanol–water partition coefficient (Wildman–Crippen LogP) is 4.91. The van der Waals surface area contributed by atoms with Gasteiger partial charge in [-0.2, -0.15) is 5.10 Å². The number of amides is 1. The summed E-state index contributed by atoms with van der Waals surface area (Å²) in [4.78, 5) is 25.2. The standard InChI is InChI=1S/C29H26N2O6/c1-19-8-12-22(13-9-19)36-18-28(32)31-30-17-24-23-7-5-4-6-20(23)10-14-25(24)37-29(33)21-11-15-26(34-2)27(16-21)35-3/h4-17H,18H2,1-3H3,(H,31,32). The van der Waals surface area contributed by atoms with Crippen LogP contribution >= 0.6 is 0 Å². The molecule has 8 nitrogen and oxygen atoms in total. The van der Waals surface area contributed by atoms with E-state index >= 15 is 0 Å². The Hall–Kier alpha value is -4.85. The van der Waals surface area contributed by atoms with Crippen molar-refractivity contribution in [2.45, 2.75) is 6.92 Å². The predicted molar refractivity (Wildman–Crippen MR) is 141 cm³/mol. The highest BCUT2D eigenvalue weighted by Crippen LogP contribution is 2.30. The summed E-state index contributed by atoms with van der Waals surface area (Å²) in [6.07, 6.45) is 1.45. The summed E-state index contributed by atoms with van der Waals surface area (Å²) in [5, 5.41) is 5.80. The molecule has 1 amide bonds. The Bertz CT molecular complexity index is 1450. The zero-order chi connectivity index (χ0) is 26.2. The summed E-state index contributed by atoms with van der Waals surface area (Å²) < 4.78 is 21.7. The van der Waals surface area contributed by atoms with E-state index in [0.717, 1.165) is 16.3 Å². The fourth-order valence-corrected chi connectivity index (χ4v) is 3.60. The fraction of sp³-hybridized carbons (Fsp3) is 0.138. The van der Waals surface area contributed by atoms with Gasteiger partial charge >= 0.3 is 5.97 Å². The number of aryl methyl sites for hydroxylation is 1. The number of hydrazone groups is 1. The molecule has 4 rings (SSSR count). The molecule has 0 unspecified atom stereocenters. The molecule has 1 N–H and O–H groups in total. The lowest BCUT2D eigenvalue weighted by molar-refractivity contribution is -0.123. The maximum atomic E-state index is 12.9. The average molecular weight is 499 g/mol. The van der Waals surface area contributed by atoms with Crippen LogP contribution < -0.4 is 24.4 Å². The van der Waals surface area contributed by atoms with Crippen molar-refractivity contribution < 1.29 is 28.5 Å². The lowest BCUT2D eigenvalue weighted by Crippen LogP contribution is -2.24. The number of carbonyl (C=O) groups is 2. The molecule has 0 fully saturated rings. The Balaban J connectivity index is 1.52. The molecule has 37 heavy (non-hydrogen) atoms. The Kier molecular flexibility index (Phi) is 8.00. The molecule has 0 saturated heterocycles. The van der Waals surface area contributed by atoms with Crippen molar-refractivity contribution in [1.29, 1.82) is 0 Å². The molecule has 0 saturated carbocycles. The van der Waals surface area contributed by atoms with Crippen LogP contribution in [0.2, 0.25) is 0 Å². The third kappa shape index (κ3) is 6.24. The lowest BCUT2D eigenvalue weighted by atomic mass is 10.0. The number of nitrogens with one attached hydrogen (secondary N) is 1. The van der Waals surface area contributed by atoms with Crippen LogP contribution in [0.5, 0.6) is 23.0 Å². The molecule has 0 aliphatic rings. The largest absolute Gasteiger partial charge is 0.493 e. The molecule has 0 aliphatic carbocycles. The highest BCUT2D eigenvalue weighted by Gasteiger charge is 2.16. The molecule has 0 spiro atoms. The summed E-state index contributed by atoms with van der Waals surface area (Å²) in [7, 11) is 3.01. The second kappa shape index (κ2) is 11.7. The second-order valence-corrected chi connectivity index (χ2v) is 8.05. The molecule has 0 aromatic heterocycles. The molecule has 4 aromatic carbocycles. The van der Waals surface area contributed by atoms with Crippen LogP contribution in [0.25, 0.3) is 10.8 Å². The molecule has 0 atom stereocenters. The van der Waals surface area contributed by atoms with Crippen LogP contribution in [-0.4, -0.2) is 38.9 Å². The number of fused-ring (bicyclic) bond motifs is 1. The minimum absolute atomic E-state index is 0.197. The first kappa shape index (κ1) is 25.2. The van der Waals surface area contributed by atoms with E-state index < -0.39 is 11.9 Å². The molecular weight excluding hydrogens is 472 g/mol. The summed E-state index contributed by atoms with van der Waals surface area (Å²) in [5.41, 5.74) is 4.37. The van der Waals surface area contributed by atoms with Gasteiger partial charge in [0.2, 0.25) is 0 Å².